The molecule has 1 heterocycles. The molecule has 0 spiro atoms. The number of ether oxygens (including phenoxy) is 2. The van der Waals surface area contributed by atoms with Crippen LogP contribution in [-0.2, 0) is 4.79 Å². The maximum absolute atomic E-state index is 12.4. The molecule has 0 saturated carbocycles. The third kappa shape index (κ3) is 5.39. The van der Waals surface area contributed by atoms with Crippen molar-refractivity contribution in [2.75, 3.05) is 44.8 Å². The lowest BCUT2D eigenvalue weighted by Gasteiger charge is -2.36. The second-order valence-corrected chi connectivity index (χ2v) is 6.83. The highest BCUT2D eigenvalue weighted by atomic mass is 16.5. The second-order valence-electron chi connectivity index (χ2n) is 6.83. The Morgan fingerprint density at radius 2 is 1.56 bits per heavy atom. The van der Waals surface area contributed by atoms with E-state index in [0.29, 0.717) is 13.0 Å². The van der Waals surface area contributed by atoms with Crippen molar-refractivity contribution >= 4 is 11.6 Å². The van der Waals surface area contributed by atoms with Gasteiger partial charge in [0.1, 0.15) is 11.5 Å². The standard InChI is InChI=1S/C22H28N2O3/c1-18-5-9-21(10-6-18)27-17-3-4-22(25)24-15-13-23(14-16-24)19-7-11-20(26-2)12-8-19/h5-12H,3-4,13-17H2,1-2H3. The summed E-state index contributed by atoms with van der Waals surface area (Å²) in [5.41, 5.74) is 2.39. The quantitative estimate of drug-likeness (QED) is 0.702. The van der Waals surface area contributed by atoms with Crippen LogP contribution >= 0.6 is 0 Å². The second kappa shape index (κ2) is 9.31. The summed E-state index contributed by atoms with van der Waals surface area (Å²) in [4.78, 5) is 16.7. The van der Waals surface area contributed by atoms with Crippen LogP contribution in [0.15, 0.2) is 48.5 Å². The number of nitrogens with zero attached hydrogens (tertiary/aromatic N) is 2. The fourth-order valence-corrected chi connectivity index (χ4v) is 3.21. The Morgan fingerprint density at radius 1 is 0.926 bits per heavy atom. The minimum absolute atomic E-state index is 0.219. The molecule has 27 heavy (non-hydrogen) atoms. The van der Waals surface area contributed by atoms with Gasteiger partial charge in [0, 0.05) is 38.3 Å². The van der Waals surface area contributed by atoms with Crippen LogP contribution in [-0.4, -0.2) is 50.7 Å². The van der Waals surface area contributed by atoms with Gasteiger partial charge in [-0.3, -0.25) is 4.79 Å². The minimum Gasteiger partial charge on any atom is -0.497 e. The molecule has 0 unspecified atom stereocenters. The van der Waals surface area contributed by atoms with Gasteiger partial charge >= 0.3 is 0 Å². The number of anilines is 1. The number of benzene rings is 2. The van der Waals surface area contributed by atoms with Gasteiger partial charge in [0.25, 0.3) is 0 Å². The SMILES string of the molecule is COc1ccc(N2CCN(C(=O)CCCOc3ccc(C)cc3)CC2)cc1. The van der Waals surface area contributed by atoms with Crippen LogP contribution in [0.25, 0.3) is 0 Å². The topological polar surface area (TPSA) is 42.0 Å². The van der Waals surface area contributed by atoms with E-state index in [1.54, 1.807) is 7.11 Å². The number of hydrogen-bond acceptors (Lipinski definition) is 4. The first-order valence-corrected chi connectivity index (χ1v) is 9.52. The van der Waals surface area contributed by atoms with E-state index in [9.17, 15) is 4.79 Å². The molecule has 1 aliphatic rings. The number of carbonyl (C=O) groups is 1. The molecule has 1 amide bonds. The number of aryl methyl sites for hydroxylation is 1. The van der Waals surface area contributed by atoms with Gasteiger partial charge in [0.05, 0.1) is 13.7 Å². The molecule has 0 atom stereocenters. The summed E-state index contributed by atoms with van der Waals surface area (Å²) in [6.45, 7) is 5.88. The largest absolute Gasteiger partial charge is 0.497 e. The molecule has 0 aromatic heterocycles. The molecule has 0 bridgehead atoms. The number of amides is 1. The Hall–Kier alpha value is -2.69. The number of rotatable bonds is 7. The number of piperazine rings is 1. The average molecular weight is 368 g/mol. The fraction of sp³-hybridized carbons (Fsp3) is 0.409. The van der Waals surface area contributed by atoms with Crippen LogP contribution in [0.2, 0.25) is 0 Å². The molecule has 5 heteroatoms. The summed E-state index contributed by atoms with van der Waals surface area (Å²) < 4.78 is 10.9. The van der Waals surface area contributed by atoms with Gasteiger partial charge in [-0.15, -0.1) is 0 Å². The lowest BCUT2D eigenvalue weighted by molar-refractivity contribution is -0.131. The van der Waals surface area contributed by atoms with Gasteiger partial charge in [0.2, 0.25) is 5.91 Å². The van der Waals surface area contributed by atoms with Gasteiger partial charge in [-0.2, -0.15) is 0 Å². The maximum atomic E-state index is 12.4. The number of methoxy groups -OCH3 is 1. The zero-order valence-corrected chi connectivity index (χ0v) is 16.2. The molecule has 2 aromatic rings. The summed E-state index contributed by atoms with van der Waals surface area (Å²) in [7, 11) is 1.67. The van der Waals surface area contributed by atoms with Crippen LogP contribution < -0.4 is 14.4 Å². The predicted octanol–water partition coefficient (Wildman–Crippen LogP) is 3.51. The van der Waals surface area contributed by atoms with E-state index in [4.69, 9.17) is 9.47 Å². The third-order valence-corrected chi connectivity index (χ3v) is 4.89. The summed E-state index contributed by atoms with van der Waals surface area (Å²) in [6, 6.07) is 16.1. The zero-order valence-electron chi connectivity index (χ0n) is 16.2. The average Bonchev–Trinajstić information content (AvgIpc) is 2.72. The summed E-state index contributed by atoms with van der Waals surface area (Å²) in [5.74, 6) is 1.94. The monoisotopic (exact) mass is 368 g/mol. The lowest BCUT2D eigenvalue weighted by Crippen LogP contribution is -2.48. The van der Waals surface area contributed by atoms with Crippen molar-refractivity contribution < 1.29 is 14.3 Å². The first-order valence-electron chi connectivity index (χ1n) is 9.52. The summed E-state index contributed by atoms with van der Waals surface area (Å²) >= 11 is 0. The molecular formula is C22H28N2O3. The van der Waals surface area contributed by atoms with Crippen molar-refractivity contribution in [2.45, 2.75) is 19.8 Å². The van der Waals surface area contributed by atoms with E-state index in [1.807, 2.05) is 41.3 Å². The first kappa shape index (κ1) is 19.1. The highest BCUT2D eigenvalue weighted by Crippen LogP contribution is 2.20. The molecule has 0 aliphatic carbocycles. The third-order valence-electron chi connectivity index (χ3n) is 4.89. The van der Waals surface area contributed by atoms with Crippen molar-refractivity contribution in [1.82, 2.24) is 4.90 Å². The molecule has 1 fully saturated rings. The molecular weight excluding hydrogens is 340 g/mol. The molecule has 0 radical (unpaired) electrons. The van der Waals surface area contributed by atoms with Crippen LogP contribution in [0.3, 0.4) is 0 Å². The van der Waals surface area contributed by atoms with Crippen LogP contribution in [0, 0.1) is 6.92 Å². The molecule has 0 N–H and O–H groups in total. The Labute approximate surface area is 161 Å². The van der Waals surface area contributed by atoms with Crippen molar-refractivity contribution in [3.63, 3.8) is 0 Å². The van der Waals surface area contributed by atoms with Gasteiger partial charge in [0.15, 0.2) is 0 Å². The van der Waals surface area contributed by atoms with Crippen molar-refractivity contribution in [3.05, 3.63) is 54.1 Å². The van der Waals surface area contributed by atoms with E-state index >= 15 is 0 Å². The summed E-state index contributed by atoms with van der Waals surface area (Å²) in [5, 5.41) is 0. The van der Waals surface area contributed by atoms with E-state index in [1.165, 1.54) is 11.3 Å². The Balaban J connectivity index is 1.37. The lowest BCUT2D eigenvalue weighted by atomic mass is 10.2. The first-order chi connectivity index (χ1) is 13.2. The van der Waals surface area contributed by atoms with E-state index in [2.05, 4.69) is 24.0 Å². The van der Waals surface area contributed by atoms with E-state index < -0.39 is 0 Å². The van der Waals surface area contributed by atoms with Gasteiger partial charge in [-0.1, -0.05) is 17.7 Å². The molecule has 144 valence electrons. The highest BCUT2D eigenvalue weighted by Gasteiger charge is 2.20. The van der Waals surface area contributed by atoms with Crippen LogP contribution in [0.4, 0.5) is 5.69 Å². The predicted molar refractivity (Wildman–Crippen MR) is 108 cm³/mol. The van der Waals surface area contributed by atoms with Crippen LogP contribution in [0.1, 0.15) is 18.4 Å². The Kier molecular flexibility index (Phi) is 6.58. The summed E-state index contributed by atoms with van der Waals surface area (Å²) in [6.07, 6.45) is 1.28. The smallest absolute Gasteiger partial charge is 0.222 e. The maximum Gasteiger partial charge on any atom is 0.222 e. The number of carbonyl (C=O) groups excluding carboxylic acids is 1. The number of hydrogen-bond donors (Lipinski definition) is 0. The van der Waals surface area contributed by atoms with E-state index in [-0.39, 0.29) is 5.91 Å². The van der Waals surface area contributed by atoms with E-state index in [0.717, 1.165) is 44.1 Å². The van der Waals surface area contributed by atoms with Crippen LogP contribution in [0.5, 0.6) is 11.5 Å². The Morgan fingerprint density at radius 3 is 2.19 bits per heavy atom. The Bertz CT molecular complexity index is 720. The fourth-order valence-electron chi connectivity index (χ4n) is 3.21. The highest BCUT2D eigenvalue weighted by molar-refractivity contribution is 5.76. The molecule has 3 rings (SSSR count). The van der Waals surface area contributed by atoms with Gasteiger partial charge in [-0.25, -0.2) is 0 Å². The van der Waals surface area contributed by atoms with Gasteiger partial charge < -0.3 is 19.3 Å². The molecule has 2 aromatic carbocycles. The normalized spacial score (nSPS) is 14.1. The van der Waals surface area contributed by atoms with Gasteiger partial charge in [-0.05, 0) is 49.7 Å². The molecule has 5 nitrogen and oxygen atoms in total. The van der Waals surface area contributed by atoms with Crippen molar-refractivity contribution in [3.8, 4) is 11.5 Å². The minimum atomic E-state index is 0.219. The molecule has 1 saturated heterocycles. The van der Waals surface area contributed by atoms with Crippen molar-refractivity contribution in [1.29, 1.82) is 0 Å². The molecule has 1 aliphatic heterocycles. The van der Waals surface area contributed by atoms with Crippen molar-refractivity contribution in [2.24, 2.45) is 0 Å². The zero-order chi connectivity index (χ0) is 19.1.